The summed E-state index contributed by atoms with van der Waals surface area (Å²) in [7, 11) is 0. The Morgan fingerprint density at radius 2 is 1.81 bits per heavy atom. The largest absolute Gasteiger partial charge is 0.325 e. The molecule has 1 atom stereocenters. The number of amides is 4. The van der Waals surface area contributed by atoms with Crippen LogP contribution in [0.1, 0.15) is 23.6 Å². The summed E-state index contributed by atoms with van der Waals surface area (Å²) < 4.78 is 13.6. The lowest BCUT2D eigenvalue weighted by Crippen LogP contribution is -2.42. The minimum absolute atomic E-state index is 0.261. The summed E-state index contributed by atoms with van der Waals surface area (Å²) >= 11 is 0. The molecule has 1 aliphatic rings. The van der Waals surface area contributed by atoms with Crippen molar-refractivity contribution in [2.75, 3.05) is 11.9 Å². The van der Waals surface area contributed by atoms with E-state index in [1.54, 1.807) is 32.0 Å². The van der Waals surface area contributed by atoms with Crippen molar-refractivity contribution in [3.8, 4) is 0 Å². The fourth-order valence-corrected chi connectivity index (χ4v) is 2.94. The standard InChI is InChI=1S/C20H20FN3O3/c1-12-4-7-14(8-5-12)20(3)18(26)24(19(27)23-20)11-17(25)22-15-9-6-13(2)16(21)10-15/h4-10H,11H2,1-3H3,(H,22,25)(H,23,27). The zero-order valence-electron chi connectivity index (χ0n) is 15.3. The number of imide groups is 1. The SMILES string of the molecule is Cc1ccc(C2(C)NC(=O)N(CC(=O)Nc3ccc(C)c(F)c3)C2=O)cc1. The first kappa shape index (κ1) is 18.6. The number of rotatable bonds is 4. The summed E-state index contributed by atoms with van der Waals surface area (Å²) in [4.78, 5) is 38.2. The van der Waals surface area contributed by atoms with Gasteiger partial charge in [0.05, 0.1) is 0 Å². The van der Waals surface area contributed by atoms with Crippen molar-refractivity contribution in [2.24, 2.45) is 0 Å². The van der Waals surface area contributed by atoms with E-state index in [2.05, 4.69) is 10.6 Å². The molecule has 6 nitrogen and oxygen atoms in total. The number of halogens is 1. The van der Waals surface area contributed by atoms with Gasteiger partial charge in [0.15, 0.2) is 0 Å². The van der Waals surface area contributed by atoms with Crippen molar-refractivity contribution in [2.45, 2.75) is 26.3 Å². The van der Waals surface area contributed by atoms with Crippen LogP contribution in [-0.2, 0) is 15.1 Å². The Hall–Kier alpha value is -3.22. The molecule has 1 aliphatic heterocycles. The van der Waals surface area contributed by atoms with Crippen LogP contribution in [0.25, 0.3) is 0 Å². The van der Waals surface area contributed by atoms with Crippen molar-refractivity contribution in [3.63, 3.8) is 0 Å². The number of hydrogen-bond acceptors (Lipinski definition) is 3. The molecule has 0 aliphatic carbocycles. The maximum absolute atomic E-state index is 13.6. The van der Waals surface area contributed by atoms with E-state index < -0.39 is 35.7 Å². The molecule has 1 heterocycles. The maximum atomic E-state index is 13.6. The number of aryl methyl sites for hydroxylation is 2. The normalized spacial score (nSPS) is 19.2. The molecule has 4 amide bonds. The molecular formula is C20H20FN3O3. The first-order valence-electron chi connectivity index (χ1n) is 8.48. The third kappa shape index (κ3) is 3.53. The Labute approximate surface area is 156 Å². The van der Waals surface area contributed by atoms with Gasteiger partial charge in [0.2, 0.25) is 5.91 Å². The molecule has 0 radical (unpaired) electrons. The van der Waals surface area contributed by atoms with E-state index >= 15 is 0 Å². The van der Waals surface area contributed by atoms with Crippen LogP contribution in [-0.4, -0.2) is 29.3 Å². The molecule has 1 unspecified atom stereocenters. The number of nitrogens with one attached hydrogen (secondary N) is 2. The van der Waals surface area contributed by atoms with Crippen LogP contribution in [0, 0.1) is 19.7 Å². The van der Waals surface area contributed by atoms with Gasteiger partial charge in [-0.15, -0.1) is 0 Å². The average Bonchev–Trinajstić information content (AvgIpc) is 2.83. The highest BCUT2D eigenvalue weighted by molar-refractivity contribution is 6.10. The second-order valence-electron chi connectivity index (χ2n) is 6.82. The summed E-state index contributed by atoms with van der Waals surface area (Å²) in [5.74, 6) is -1.55. The van der Waals surface area contributed by atoms with E-state index in [4.69, 9.17) is 0 Å². The van der Waals surface area contributed by atoms with E-state index in [1.807, 2.05) is 19.1 Å². The molecule has 3 rings (SSSR count). The van der Waals surface area contributed by atoms with Crippen LogP contribution in [0.2, 0.25) is 0 Å². The summed E-state index contributed by atoms with van der Waals surface area (Å²) in [6.45, 7) is 4.68. The molecule has 2 aromatic rings. The van der Waals surface area contributed by atoms with Gasteiger partial charge < -0.3 is 10.6 Å². The van der Waals surface area contributed by atoms with E-state index in [9.17, 15) is 18.8 Å². The fourth-order valence-electron chi connectivity index (χ4n) is 2.94. The minimum Gasteiger partial charge on any atom is -0.324 e. The molecule has 140 valence electrons. The number of nitrogens with zero attached hydrogens (tertiary/aromatic N) is 1. The van der Waals surface area contributed by atoms with Crippen molar-refractivity contribution in [3.05, 3.63) is 65.0 Å². The van der Waals surface area contributed by atoms with Gasteiger partial charge in [-0.2, -0.15) is 0 Å². The van der Waals surface area contributed by atoms with Crippen molar-refractivity contribution in [1.82, 2.24) is 10.2 Å². The molecular weight excluding hydrogens is 349 g/mol. The molecule has 2 N–H and O–H groups in total. The number of urea groups is 1. The number of carbonyl (C=O) groups is 3. The smallest absolute Gasteiger partial charge is 0.324 e. The van der Waals surface area contributed by atoms with Gasteiger partial charge in [-0.05, 0) is 44.0 Å². The average molecular weight is 369 g/mol. The third-order valence-corrected chi connectivity index (χ3v) is 4.66. The molecule has 2 aromatic carbocycles. The highest BCUT2D eigenvalue weighted by atomic mass is 19.1. The zero-order chi connectivity index (χ0) is 19.8. The summed E-state index contributed by atoms with van der Waals surface area (Å²) in [6, 6.07) is 10.9. The second kappa shape index (κ2) is 6.83. The predicted molar refractivity (Wildman–Crippen MR) is 98.5 cm³/mol. The quantitative estimate of drug-likeness (QED) is 0.814. The van der Waals surface area contributed by atoms with Gasteiger partial charge in [-0.1, -0.05) is 35.9 Å². The van der Waals surface area contributed by atoms with Crippen LogP contribution < -0.4 is 10.6 Å². The van der Waals surface area contributed by atoms with Crippen LogP contribution in [0.15, 0.2) is 42.5 Å². The van der Waals surface area contributed by atoms with Crippen LogP contribution in [0.4, 0.5) is 14.9 Å². The van der Waals surface area contributed by atoms with Gasteiger partial charge in [0, 0.05) is 5.69 Å². The van der Waals surface area contributed by atoms with Gasteiger partial charge in [-0.25, -0.2) is 9.18 Å². The maximum Gasteiger partial charge on any atom is 0.325 e. The molecule has 7 heteroatoms. The Bertz CT molecular complexity index is 927. The molecule has 27 heavy (non-hydrogen) atoms. The van der Waals surface area contributed by atoms with Gasteiger partial charge in [0.25, 0.3) is 5.91 Å². The van der Waals surface area contributed by atoms with E-state index in [-0.39, 0.29) is 5.69 Å². The summed E-state index contributed by atoms with van der Waals surface area (Å²) in [5, 5.41) is 5.15. The first-order chi connectivity index (χ1) is 12.7. The zero-order valence-corrected chi connectivity index (χ0v) is 15.3. The lowest BCUT2D eigenvalue weighted by Gasteiger charge is -2.22. The number of hydrogen-bond donors (Lipinski definition) is 2. The lowest BCUT2D eigenvalue weighted by atomic mass is 9.91. The van der Waals surface area contributed by atoms with E-state index in [1.165, 1.54) is 12.1 Å². The highest BCUT2D eigenvalue weighted by Gasteiger charge is 2.49. The highest BCUT2D eigenvalue weighted by Crippen LogP contribution is 2.29. The topological polar surface area (TPSA) is 78.5 Å². The Morgan fingerprint density at radius 1 is 1.15 bits per heavy atom. The predicted octanol–water partition coefficient (Wildman–Crippen LogP) is 2.85. The van der Waals surface area contributed by atoms with Crippen LogP contribution in [0.5, 0.6) is 0 Å². The molecule has 0 saturated carbocycles. The van der Waals surface area contributed by atoms with Gasteiger partial charge >= 0.3 is 6.03 Å². The van der Waals surface area contributed by atoms with Crippen LogP contribution >= 0.6 is 0 Å². The van der Waals surface area contributed by atoms with Gasteiger partial charge in [-0.3, -0.25) is 14.5 Å². The number of carbonyl (C=O) groups excluding carboxylic acids is 3. The molecule has 0 bridgehead atoms. The Morgan fingerprint density at radius 3 is 2.44 bits per heavy atom. The molecule has 1 fully saturated rings. The van der Waals surface area contributed by atoms with Crippen molar-refractivity contribution < 1.29 is 18.8 Å². The van der Waals surface area contributed by atoms with Crippen molar-refractivity contribution >= 4 is 23.5 Å². The Kier molecular flexibility index (Phi) is 4.70. The van der Waals surface area contributed by atoms with Gasteiger partial charge in [0.1, 0.15) is 17.9 Å². The van der Waals surface area contributed by atoms with Crippen molar-refractivity contribution in [1.29, 1.82) is 0 Å². The summed E-state index contributed by atoms with van der Waals surface area (Å²) in [5.41, 5.74) is 1.14. The molecule has 1 saturated heterocycles. The summed E-state index contributed by atoms with van der Waals surface area (Å²) in [6.07, 6.45) is 0. The lowest BCUT2D eigenvalue weighted by molar-refractivity contribution is -0.133. The van der Waals surface area contributed by atoms with E-state index in [0.29, 0.717) is 11.1 Å². The third-order valence-electron chi connectivity index (χ3n) is 4.66. The molecule has 0 spiro atoms. The first-order valence-corrected chi connectivity index (χ1v) is 8.48. The number of anilines is 1. The van der Waals surface area contributed by atoms with Crippen LogP contribution in [0.3, 0.4) is 0 Å². The van der Waals surface area contributed by atoms with E-state index in [0.717, 1.165) is 10.5 Å². The second-order valence-corrected chi connectivity index (χ2v) is 6.82. The molecule has 0 aromatic heterocycles. The fraction of sp³-hybridized carbons (Fsp3) is 0.250. The minimum atomic E-state index is -1.24. The number of benzene rings is 2. The monoisotopic (exact) mass is 369 g/mol. The Balaban J connectivity index is 1.74.